The Morgan fingerprint density at radius 1 is 1.40 bits per heavy atom. The second kappa shape index (κ2) is 6.12. The van der Waals surface area contributed by atoms with Crippen LogP contribution in [0.3, 0.4) is 0 Å². The van der Waals surface area contributed by atoms with Crippen molar-refractivity contribution in [3.8, 4) is 0 Å². The molecule has 0 saturated heterocycles. The molecule has 0 amide bonds. The van der Waals surface area contributed by atoms with E-state index in [0.29, 0.717) is 12.0 Å². The predicted octanol–water partition coefficient (Wildman–Crippen LogP) is 4.44. The van der Waals surface area contributed by atoms with Gasteiger partial charge in [0.2, 0.25) is 0 Å². The van der Waals surface area contributed by atoms with Crippen LogP contribution >= 0.6 is 38.5 Å². The fraction of sp³-hybridized carbons (Fsp3) is 0.312. The zero-order valence-corrected chi connectivity index (χ0v) is 15.0. The fourth-order valence-electron chi connectivity index (χ4n) is 3.09. The maximum absolute atomic E-state index is 4.63. The maximum atomic E-state index is 4.63. The predicted molar refractivity (Wildman–Crippen MR) is 94.0 cm³/mol. The van der Waals surface area contributed by atoms with Crippen LogP contribution in [0.1, 0.15) is 35.2 Å². The first-order chi connectivity index (χ1) is 9.70. The van der Waals surface area contributed by atoms with Gasteiger partial charge in [0.05, 0.1) is 0 Å². The molecule has 1 aromatic carbocycles. The van der Waals surface area contributed by atoms with Crippen LogP contribution in [0.25, 0.3) is 0 Å². The molecule has 1 aromatic heterocycles. The highest BCUT2D eigenvalue weighted by molar-refractivity contribution is 14.1. The number of aromatic nitrogens is 1. The molecule has 0 bridgehead atoms. The van der Waals surface area contributed by atoms with E-state index in [1.54, 1.807) is 0 Å². The van der Waals surface area contributed by atoms with E-state index in [1.165, 1.54) is 26.8 Å². The molecule has 0 radical (unpaired) electrons. The SMILES string of the molecule is CNC(c1cc(Br)ccc1I)C1CCc2cccnc21. The van der Waals surface area contributed by atoms with Crippen molar-refractivity contribution < 1.29 is 0 Å². The van der Waals surface area contributed by atoms with Gasteiger partial charge in [-0.2, -0.15) is 0 Å². The van der Waals surface area contributed by atoms with Crippen molar-refractivity contribution in [2.75, 3.05) is 7.05 Å². The Bertz CT molecular complexity index is 630. The van der Waals surface area contributed by atoms with E-state index in [1.807, 2.05) is 19.3 Å². The summed E-state index contributed by atoms with van der Waals surface area (Å²) in [6.07, 6.45) is 4.22. The van der Waals surface area contributed by atoms with Crippen LogP contribution < -0.4 is 5.32 Å². The summed E-state index contributed by atoms with van der Waals surface area (Å²) in [4.78, 5) is 4.63. The maximum Gasteiger partial charge on any atom is 0.0485 e. The van der Waals surface area contributed by atoms with E-state index < -0.39 is 0 Å². The van der Waals surface area contributed by atoms with Crippen LogP contribution in [0, 0.1) is 3.57 Å². The van der Waals surface area contributed by atoms with Gasteiger partial charge < -0.3 is 5.32 Å². The first-order valence-electron chi connectivity index (χ1n) is 6.76. The molecule has 4 heteroatoms. The van der Waals surface area contributed by atoms with Gasteiger partial charge in [0.1, 0.15) is 0 Å². The van der Waals surface area contributed by atoms with E-state index in [4.69, 9.17) is 0 Å². The lowest BCUT2D eigenvalue weighted by Crippen LogP contribution is -2.24. The highest BCUT2D eigenvalue weighted by Crippen LogP contribution is 2.41. The number of likely N-dealkylation sites (N-methyl/N-ethyl adjacent to an activating group) is 1. The molecule has 0 saturated carbocycles. The molecular formula is C16H16BrIN2. The molecule has 1 aliphatic carbocycles. The number of nitrogens with one attached hydrogen (secondary N) is 1. The molecular weight excluding hydrogens is 427 g/mol. The number of hydrogen-bond donors (Lipinski definition) is 1. The Labute approximate surface area is 141 Å². The third kappa shape index (κ3) is 2.65. The fourth-order valence-corrected chi connectivity index (χ4v) is 4.14. The first-order valence-corrected chi connectivity index (χ1v) is 8.64. The average molecular weight is 443 g/mol. The molecule has 3 rings (SSSR count). The van der Waals surface area contributed by atoms with Crippen molar-refractivity contribution >= 4 is 38.5 Å². The van der Waals surface area contributed by atoms with Crippen LogP contribution in [-0.4, -0.2) is 12.0 Å². The van der Waals surface area contributed by atoms with Gasteiger partial charge in [0.15, 0.2) is 0 Å². The summed E-state index contributed by atoms with van der Waals surface area (Å²) in [7, 11) is 2.04. The Kier molecular flexibility index (Phi) is 4.43. The number of rotatable bonds is 3. The molecule has 104 valence electrons. The molecule has 1 aliphatic rings. The Morgan fingerprint density at radius 2 is 2.25 bits per heavy atom. The number of aryl methyl sites for hydroxylation is 1. The summed E-state index contributed by atoms with van der Waals surface area (Å²) in [5.74, 6) is 0.457. The molecule has 2 unspecified atom stereocenters. The summed E-state index contributed by atoms with van der Waals surface area (Å²) in [6.45, 7) is 0. The first kappa shape index (κ1) is 14.5. The van der Waals surface area contributed by atoms with Crippen molar-refractivity contribution in [3.63, 3.8) is 0 Å². The molecule has 1 N–H and O–H groups in total. The second-order valence-corrected chi connectivity index (χ2v) is 7.20. The van der Waals surface area contributed by atoms with Crippen LogP contribution in [-0.2, 0) is 6.42 Å². The highest BCUT2D eigenvalue weighted by atomic mass is 127. The number of hydrogen-bond acceptors (Lipinski definition) is 2. The molecule has 0 fully saturated rings. The van der Waals surface area contributed by atoms with Gasteiger partial charge in [-0.1, -0.05) is 22.0 Å². The highest BCUT2D eigenvalue weighted by Gasteiger charge is 2.32. The molecule has 2 nitrogen and oxygen atoms in total. The molecule has 1 heterocycles. The van der Waals surface area contributed by atoms with E-state index in [2.05, 4.69) is 73.1 Å². The van der Waals surface area contributed by atoms with Crippen molar-refractivity contribution in [1.82, 2.24) is 10.3 Å². The molecule has 2 atom stereocenters. The van der Waals surface area contributed by atoms with Gasteiger partial charge >= 0.3 is 0 Å². The van der Waals surface area contributed by atoms with Crippen molar-refractivity contribution in [3.05, 3.63) is 61.4 Å². The third-order valence-corrected chi connectivity index (χ3v) is 5.48. The van der Waals surface area contributed by atoms with Gasteiger partial charge in [0.25, 0.3) is 0 Å². The van der Waals surface area contributed by atoms with E-state index in [0.717, 1.165) is 10.9 Å². The van der Waals surface area contributed by atoms with Crippen LogP contribution in [0.2, 0.25) is 0 Å². The topological polar surface area (TPSA) is 24.9 Å². The van der Waals surface area contributed by atoms with Crippen molar-refractivity contribution in [1.29, 1.82) is 0 Å². The number of fused-ring (bicyclic) bond motifs is 1. The quantitative estimate of drug-likeness (QED) is 0.710. The largest absolute Gasteiger partial charge is 0.312 e. The van der Waals surface area contributed by atoms with Crippen LogP contribution in [0.4, 0.5) is 0 Å². The number of halogens is 2. The van der Waals surface area contributed by atoms with Gasteiger partial charge in [-0.3, -0.25) is 4.98 Å². The Morgan fingerprint density at radius 3 is 3.05 bits per heavy atom. The lowest BCUT2D eigenvalue weighted by atomic mass is 9.91. The van der Waals surface area contributed by atoms with E-state index >= 15 is 0 Å². The molecule has 0 aliphatic heterocycles. The molecule has 0 spiro atoms. The lowest BCUT2D eigenvalue weighted by molar-refractivity contribution is 0.468. The Hall–Kier alpha value is -0.460. The minimum Gasteiger partial charge on any atom is -0.312 e. The number of benzene rings is 1. The van der Waals surface area contributed by atoms with Crippen molar-refractivity contribution in [2.24, 2.45) is 0 Å². The standard InChI is InChI=1S/C16H16BrIN2/c1-19-16(13-9-11(17)5-7-14(13)18)12-6-4-10-3-2-8-20-15(10)12/h2-3,5,7-9,12,16,19H,4,6H2,1H3. The summed E-state index contributed by atoms with van der Waals surface area (Å²) in [5, 5.41) is 3.50. The second-order valence-electron chi connectivity index (χ2n) is 5.13. The van der Waals surface area contributed by atoms with Gasteiger partial charge in [-0.05, 0) is 77.9 Å². The summed E-state index contributed by atoms with van der Waals surface area (Å²) < 4.78 is 2.43. The molecule has 2 aromatic rings. The monoisotopic (exact) mass is 442 g/mol. The van der Waals surface area contributed by atoms with Crippen LogP contribution in [0.15, 0.2) is 41.0 Å². The van der Waals surface area contributed by atoms with Gasteiger partial charge in [-0.25, -0.2) is 0 Å². The smallest absolute Gasteiger partial charge is 0.0485 e. The van der Waals surface area contributed by atoms with E-state index in [9.17, 15) is 0 Å². The average Bonchev–Trinajstić information content (AvgIpc) is 2.88. The lowest BCUT2D eigenvalue weighted by Gasteiger charge is -2.25. The summed E-state index contributed by atoms with van der Waals surface area (Å²) >= 11 is 6.01. The summed E-state index contributed by atoms with van der Waals surface area (Å²) in [5.41, 5.74) is 4.02. The zero-order valence-electron chi connectivity index (χ0n) is 11.2. The third-order valence-electron chi connectivity index (χ3n) is 4.01. The minimum atomic E-state index is 0.315. The van der Waals surface area contributed by atoms with Gasteiger partial charge in [0, 0.05) is 31.9 Å². The van der Waals surface area contributed by atoms with E-state index in [-0.39, 0.29) is 0 Å². The van der Waals surface area contributed by atoms with Crippen molar-refractivity contribution in [2.45, 2.75) is 24.8 Å². The normalized spacial score (nSPS) is 18.9. The number of nitrogens with zero attached hydrogens (tertiary/aromatic N) is 1. The number of pyridine rings is 1. The minimum absolute atomic E-state index is 0.315. The summed E-state index contributed by atoms with van der Waals surface area (Å²) in [6, 6.07) is 11.1. The van der Waals surface area contributed by atoms with Gasteiger partial charge in [-0.15, -0.1) is 0 Å². The Balaban J connectivity index is 2.01. The zero-order chi connectivity index (χ0) is 14.1. The van der Waals surface area contributed by atoms with Crippen LogP contribution in [0.5, 0.6) is 0 Å². The molecule has 20 heavy (non-hydrogen) atoms.